The number of phenolic OH excluding ortho intramolecular Hbond substituents is 1. The molecule has 0 amide bonds. The minimum atomic E-state index is -0.629. The summed E-state index contributed by atoms with van der Waals surface area (Å²) in [5, 5.41) is 20.6. The van der Waals surface area contributed by atoms with Crippen molar-refractivity contribution in [3.8, 4) is 5.75 Å². The van der Waals surface area contributed by atoms with E-state index in [4.69, 9.17) is 4.74 Å². The van der Waals surface area contributed by atoms with Crippen molar-refractivity contribution in [2.45, 2.75) is 19.6 Å². The van der Waals surface area contributed by atoms with Crippen molar-refractivity contribution >= 4 is 21.8 Å². The highest BCUT2D eigenvalue weighted by atomic mass is 16.5. The molecule has 0 saturated heterocycles. The van der Waals surface area contributed by atoms with Gasteiger partial charge in [-0.25, -0.2) is 0 Å². The molecule has 0 bridgehead atoms. The monoisotopic (exact) mass is 257 g/mol. The molecule has 0 spiro atoms. The van der Waals surface area contributed by atoms with Crippen molar-refractivity contribution in [3.05, 3.63) is 30.3 Å². The van der Waals surface area contributed by atoms with Gasteiger partial charge in [-0.2, -0.15) is 9.90 Å². The van der Waals surface area contributed by atoms with Crippen LogP contribution in [0.5, 0.6) is 5.75 Å². The maximum Gasteiger partial charge on any atom is 0.173 e. The van der Waals surface area contributed by atoms with Crippen molar-refractivity contribution in [3.63, 3.8) is 0 Å². The molecular weight excluding hydrogens is 242 g/mol. The lowest BCUT2D eigenvalue weighted by molar-refractivity contribution is -0.0651. The van der Waals surface area contributed by atoms with Gasteiger partial charge in [-0.3, -0.25) is 0 Å². The van der Waals surface area contributed by atoms with Crippen molar-refractivity contribution in [1.29, 1.82) is 0 Å². The molecule has 0 saturated carbocycles. The van der Waals surface area contributed by atoms with Gasteiger partial charge in [-0.05, 0) is 13.8 Å². The zero-order chi connectivity index (χ0) is 13.6. The van der Waals surface area contributed by atoms with Crippen LogP contribution in [0.25, 0.3) is 21.8 Å². The zero-order valence-electron chi connectivity index (χ0n) is 11.1. The minimum absolute atomic E-state index is 0.213. The second kappa shape index (κ2) is 3.93. The molecule has 0 aliphatic carbocycles. The van der Waals surface area contributed by atoms with E-state index in [9.17, 15) is 5.11 Å². The maximum absolute atomic E-state index is 10.0. The predicted octanol–water partition coefficient (Wildman–Crippen LogP) is 2.63. The molecule has 0 radical (unpaired) electrons. The van der Waals surface area contributed by atoms with Crippen LogP contribution in [0.3, 0.4) is 0 Å². The van der Waals surface area contributed by atoms with Gasteiger partial charge >= 0.3 is 0 Å². The first kappa shape index (κ1) is 11.9. The number of phenols is 1. The Labute approximate surface area is 110 Å². The lowest BCUT2D eigenvalue weighted by Crippen LogP contribution is -2.30. The Morgan fingerprint density at radius 3 is 2.53 bits per heavy atom. The van der Waals surface area contributed by atoms with E-state index < -0.39 is 5.72 Å². The third-order valence-corrected chi connectivity index (χ3v) is 3.35. The molecule has 98 valence electrons. The fourth-order valence-electron chi connectivity index (χ4n) is 2.05. The molecule has 3 aromatic rings. The molecule has 0 aliphatic heterocycles. The summed E-state index contributed by atoms with van der Waals surface area (Å²) >= 11 is 0. The molecule has 1 heterocycles. The molecule has 19 heavy (non-hydrogen) atoms. The summed E-state index contributed by atoms with van der Waals surface area (Å²) in [5.74, 6) is 0.213. The fraction of sp³-hybridized carbons (Fsp3) is 0.286. The van der Waals surface area contributed by atoms with Crippen molar-refractivity contribution in [2.75, 3.05) is 7.11 Å². The van der Waals surface area contributed by atoms with Gasteiger partial charge in [0.2, 0.25) is 0 Å². The summed E-state index contributed by atoms with van der Waals surface area (Å²) in [4.78, 5) is 1.53. The number of hydrogen-bond acceptors (Lipinski definition) is 4. The Morgan fingerprint density at radius 1 is 1.16 bits per heavy atom. The van der Waals surface area contributed by atoms with Gasteiger partial charge in [0.15, 0.2) is 5.72 Å². The first-order chi connectivity index (χ1) is 9.03. The van der Waals surface area contributed by atoms with E-state index in [1.54, 1.807) is 13.2 Å². The average Bonchev–Trinajstić information content (AvgIpc) is 2.84. The summed E-state index contributed by atoms with van der Waals surface area (Å²) in [6.07, 6.45) is 0. The third kappa shape index (κ3) is 1.74. The first-order valence-electron chi connectivity index (χ1n) is 6.06. The fourth-order valence-corrected chi connectivity index (χ4v) is 2.05. The minimum Gasteiger partial charge on any atom is -0.507 e. The molecule has 3 rings (SSSR count). The Morgan fingerprint density at radius 2 is 1.84 bits per heavy atom. The second-order valence-corrected chi connectivity index (χ2v) is 4.95. The molecule has 0 aliphatic rings. The number of aromatic nitrogens is 3. The number of rotatable bonds is 2. The van der Waals surface area contributed by atoms with Crippen molar-refractivity contribution < 1.29 is 9.84 Å². The van der Waals surface area contributed by atoms with Crippen LogP contribution in [-0.4, -0.2) is 27.2 Å². The summed E-state index contributed by atoms with van der Waals surface area (Å²) < 4.78 is 5.37. The number of benzene rings is 2. The van der Waals surface area contributed by atoms with E-state index in [-0.39, 0.29) is 5.75 Å². The van der Waals surface area contributed by atoms with E-state index in [0.717, 1.165) is 16.3 Å². The Kier molecular flexibility index (Phi) is 2.46. The second-order valence-electron chi connectivity index (χ2n) is 4.95. The summed E-state index contributed by atoms with van der Waals surface area (Å²) in [7, 11) is 1.61. The van der Waals surface area contributed by atoms with Gasteiger partial charge in [-0.1, -0.05) is 24.3 Å². The lowest BCUT2D eigenvalue weighted by Gasteiger charge is -2.21. The topological polar surface area (TPSA) is 60.2 Å². The van der Waals surface area contributed by atoms with E-state index >= 15 is 0 Å². The Hall–Kier alpha value is -2.14. The van der Waals surface area contributed by atoms with Crippen molar-refractivity contribution in [2.24, 2.45) is 0 Å². The molecule has 1 N–H and O–H groups in total. The van der Waals surface area contributed by atoms with Crippen LogP contribution < -0.4 is 0 Å². The first-order valence-corrected chi connectivity index (χ1v) is 6.06. The quantitative estimate of drug-likeness (QED) is 0.766. The summed E-state index contributed by atoms with van der Waals surface area (Å²) in [6.45, 7) is 3.77. The lowest BCUT2D eigenvalue weighted by atomic mass is 10.1. The van der Waals surface area contributed by atoms with Crippen LogP contribution in [0.15, 0.2) is 30.3 Å². The Balaban J connectivity index is 2.37. The highest BCUT2D eigenvalue weighted by Gasteiger charge is 2.23. The largest absolute Gasteiger partial charge is 0.507 e. The van der Waals surface area contributed by atoms with Gasteiger partial charge in [0.05, 0.1) is 0 Å². The third-order valence-electron chi connectivity index (χ3n) is 3.35. The molecule has 2 aromatic carbocycles. The maximum atomic E-state index is 10.0. The Bertz CT molecular complexity index is 762. The standard InChI is InChI=1S/C14H15N3O2/c1-14(2,19-3)17-15-11-8-12(18)9-6-4-5-7-10(9)13(11)16-17/h4-8,18H,1-3H3. The highest BCUT2D eigenvalue weighted by Crippen LogP contribution is 2.31. The van der Waals surface area contributed by atoms with E-state index in [0.29, 0.717) is 5.52 Å². The van der Waals surface area contributed by atoms with Gasteiger partial charge in [0, 0.05) is 23.9 Å². The molecular formula is C14H15N3O2. The number of hydrogen-bond donors (Lipinski definition) is 1. The number of nitrogens with zero attached hydrogens (tertiary/aromatic N) is 3. The van der Waals surface area contributed by atoms with E-state index in [1.165, 1.54) is 4.80 Å². The number of aromatic hydroxyl groups is 1. The molecule has 5 heteroatoms. The zero-order valence-corrected chi connectivity index (χ0v) is 11.1. The SMILES string of the molecule is COC(C)(C)n1nc2cc(O)c3ccccc3c2n1. The number of methoxy groups -OCH3 is 1. The molecule has 0 atom stereocenters. The van der Waals surface area contributed by atoms with Crippen LogP contribution in [0, 0.1) is 0 Å². The smallest absolute Gasteiger partial charge is 0.173 e. The van der Waals surface area contributed by atoms with E-state index in [1.807, 2.05) is 38.1 Å². The van der Waals surface area contributed by atoms with Gasteiger partial charge in [0.1, 0.15) is 16.8 Å². The van der Waals surface area contributed by atoms with Crippen LogP contribution in [0.4, 0.5) is 0 Å². The molecule has 0 unspecified atom stereocenters. The number of fused-ring (bicyclic) bond motifs is 3. The predicted molar refractivity (Wildman–Crippen MR) is 73.0 cm³/mol. The van der Waals surface area contributed by atoms with Gasteiger partial charge in [0.25, 0.3) is 0 Å². The number of ether oxygens (including phenoxy) is 1. The van der Waals surface area contributed by atoms with E-state index in [2.05, 4.69) is 10.2 Å². The highest BCUT2D eigenvalue weighted by molar-refractivity contribution is 6.06. The van der Waals surface area contributed by atoms with Crippen LogP contribution >= 0.6 is 0 Å². The summed E-state index contributed by atoms with van der Waals surface area (Å²) in [6, 6.07) is 9.23. The summed E-state index contributed by atoms with van der Waals surface area (Å²) in [5.41, 5.74) is 0.787. The van der Waals surface area contributed by atoms with Crippen LogP contribution in [0.2, 0.25) is 0 Å². The van der Waals surface area contributed by atoms with Gasteiger partial charge < -0.3 is 9.84 Å². The molecule has 5 nitrogen and oxygen atoms in total. The molecule has 0 fully saturated rings. The average molecular weight is 257 g/mol. The molecule has 1 aromatic heterocycles. The van der Waals surface area contributed by atoms with Crippen LogP contribution in [-0.2, 0) is 10.5 Å². The van der Waals surface area contributed by atoms with Gasteiger partial charge in [-0.15, -0.1) is 5.10 Å². The normalized spacial score (nSPS) is 12.4. The van der Waals surface area contributed by atoms with Crippen LogP contribution in [0.1, 0.15) is 13.8 Å². The van der Waals surface area contributed by atoms with Crippen molar-refractivity contribution in [1.82, 2.24) is 15.0 Å².